The maximum Gasteiger partial charge on any atom is 0.166 e. The van der Waals surface area contributed by atoms with Crippen molar-refractivity contribution in [1.82, 2.24) is 49.5 Å². The van der Waals surface area contributed by atoms with Crippen LogP contribution >= 0.6 is 0 Å². The minimum absolute atomic E-state index is 0.646. The highest BCUT2D eigenvalue weighted by Crippen LogP contribution is 2.29. The third-order valence-electron chi connectivity index (χ3n) is 5.02. The number of aryl methyl sites for hydroxylation is 2. The Labute approximate surface area is 169 Å². The van der Waals surface area contributed by atoms with E-state index < -0.39 is 0 Å². The lowest BCUT2D eigenvalue weighted by Crippen LogP contribution is -1.95. The molecule has 0 aliphatic heterocycles. The number of aromatic nitrogens is 10. The third kappa shape index (κ3) is 2.50. The molecule has 0 aromatic carbocycles. The Bertz CT molecular complexity index is 1530. The lowest BCUT2D eigenvalue weighted by molar-refractivity contribution is 0.768. The first-order valence-electron chi connectivity index (χ1n) is 9.35. The largest absolute Gasteiger partial charge is 0.336 e. The summed E-state index contributed by atoms with van der Waals surface area (Å²) in [6, 6.07) is 3.94. The van der Waals surface area contributed by atoms with Crippen molar-refractivity contribution in [2.75, 3.05) is 0 Å². The average molecular weight is 396 g/mol. The van der Waals surface area contributed by atoms with E-state index in [2.05, 4.69) is 35.2 Å². The van der Waals surface area contributed by atoms with Crippen LogP contribution < -0.4 is 0 Å². The van der Waals surface area contributed by atoms with Crippen LogP contribution in [0.5, 0.6) is 0 Å². The molecule has 0 aliphatic carbocycles. The van der Waals surface area contributed by atoms with Gasteiger partial charge in [-0.25, -0.2) is 19.9 Å². The highest BCUT2D eigenvalue weighted by molar-refractivity contribution is 5.94. The van der Waals surface area contributed by atoms with E-state index in [1.54, 1.807) is 17.2 Å². The molecule has 146 valence electrons. The van der Waals surface area contributed by atoms with Gasteiger partial charge in [-0.2, -0.15) is 10.2 Å². The Hall–Kier alpha value is -4.34. The smallest absolute Gasteiger partial charge is 0.166 e. The molecule has 2 N–H and O–H groups in total. The zero-order chi connectivity index (χ0) is 20.2. The summed E-state index contributed by atoms with van der Waals surface area (Å²) in [5, 5.41) is 12.6. The Balaban J connectivity index is 1.52. The molecule has 0 amide bonds. The molecule has 6 heterocycles. The van der Waals surface area contributed by atoms with Crippen molar-refractivity contribution in [3.63, 3.8) is 0 Å². The van der Waals surface area contributed by atoms with Gasteiger partial charge in [0.1, 0.15) is 17.5 Å². The van der Waals surface area contributed by atoms with Gasteiger partial charge < -0.3 is 4.98 Å². The summed E-state index contributed by atoms with van der Waals surface area (Å²) in [5.41, 5.74) is 5.88. The normalized spacial score (nSPS) is 11.7. The summed E-state index contributed by atoms with van der Waals surface area (Å²) in [5.74, 6) is 1.36. The van der Waals surface area contributed by atoms with E-state index in [0.29, 0.717) is 23.0 Å². The molecule has 0 saturated heterocycles. The lowest BCUT2D eigenvalue weighted by Gasteiger charge is -2.00. The van der Waals surface area contributed by atoms with Crippen LogP contribution in [0.4, 0.5) is 0 Å². The van der Waals surface area contributed by atoms with Crippen LogP contribution in [-0.2, 0) is 7.05 Å². The lowest BCUT2D eigenvalue weighted by atomic mass is 10.1. The molecule has 6 aromatic heterocycles. The van der Waals surface area contributed by atoms with Gasteiger partial charge in [0.15, 0.2) is 17.3 Å². The molecule has 0 unspecified atom stereocenters. The van der Waals surface area contributed by atoms with E-state index in [1.807, 2.05) is 55.5 Å². The summed E-state index contributed by atoms with van der Waals surface area (Å²) < 4.78 is 3.63. The summed E-state index contributed by atoms with van der Waals surface area (Å²) >= 11 is 0. The van der Waals surface area contributed by atoms with Crippen LogP contribution in [-0.4, -0.2) is 49.5 Å². The van der Waals surface area contributed by atoms with Gasteiger partial charge in [0.2, 0.25) is 0 Å². The molecule has 0 aliphatic rings. The van der Waals surface area contributed by atoms with Gasteiger partial charge >= 0.3 is 0 Å². The van der Waals surface area contributed by atoms with Crippen molar-refractivity contribution in [1.29, 1.82) is 0 Å². The Morgan fingerprint density at radius 1 is 1.03 bits per heavy atom. The first-order chi connectivity index (χ1) is 14.7. The van der Waals surface area contributed by atoms with Crippen molar-refractivity contribution in [2.45, 2.75) is 6.92 Å². The fraction of sp³-hybridized carbons (Fsp3) is 0.100. The minimum atomic E-state index is 0.646. The second-order valence-corrected chi connectivity index (χ2v) is 7.13. The molecule has 0 saturated carbocycles. The van der Waals surface area contributed by atoms with Crippen LogP contribution in [0.15, 0.2) is 49.4 Å². The van der Waals surface area contributed by atoms with E-state index in [-0.39, 0.29) is 0 Å². The number of imidazole rings is 2. The van der Waals surface area contributed by atoms with Gasteiger partial charge in [0.25, 0.3) is 0 Å². The second kappa shape index (κ2) is 6.08. The minimum Gasteiger partial charge on any atom is -0.336 e. The van der Waals surface area contributed by atoms with Crippen molar-refractivity contribution in [2.24, 2.45) is 7.05 Å². The van der Waals surface area contributed by atoms with E-state index in [0.717, 1.165) is 33.2 Å². The molecule has 10 nitrogen and oxygen atoms in total. The Kier molecular flexibility index (Phi) is 3.36. The fourth-order valence-corrected chi connectivity index (χ4v) is 3.57. The molecule has 0 radical (unpaired) electrons. The number of nitrogens with zero attached hydrogens (tertiary/aromatic N) is 8. The first kappa shape index (κ1) is 16.6. The van der Waals surface area contributed by atoms with Gasteiger partial charge in [-0.1, -0.05) is 0 Å². The zero-order valence-corrected chi connectivity index (χ0v) is 16.2. The van der Waals surface area contributed by atoms with Crippen molar-refractivity contribution in [3.8, 4) is 28.5 Å². The second-order valence-electron chi connectivity index (χ2n) is 7.13. The number of pyridine rings is 2. The SMILES string of the molecule is Cc1cn(-c2nccc3[nH]c(-c4n[nH]c5ncc(-c6cnn(C)c6)cc45)nc23)cn1. The maximum absolute atomic E-state index is 4.80. The van der Waals surface area contributed by atoms with E-state index in [4.69, 9.17) is 4.98 Å². The molecule has 0 atom stereocenters. The fourth-order valence-electron chi connectivity index (χ4n) is 3.57. The summed E-state index contributed by atoms with van der Waals surface area (Å²) in [4.78, 5) is 21.5. The molecule has 6 aromatic rings. The molecule has 10 heteroatoms. The summed E-state index contributed by atoms with van der Waals surface area (Å²) in [6.45, 7) is 1.94. The number of aromatic amines is 2. The van der Waals surface area contributed by atoms with Gasteiger partial charge in [0.05, 0.1) is 22.8 Å². The number of H-pyrrole nitrogens is 2. The van der Waals surface area contributed by atoms with Crippen molar-refractivity contribution in [3.05, 3.63) is 55.1 Å². The van der Waals surface area contributed by atoms with Gasteiger partial charge in [-0.15, -0.1) is 0 Å². The average Bonchev–Trinajstić information content (AvgIpc) is 3.52. The van der Waals surface area contributed by atoms with E-state index in [9.17, 15) is 0 Å². The third-order valence-corrected chi connectivity index (χ3v) is 5.02. The number of fused-ring (bicyclic) bond motifs is 2. The standard InChI is InChI=1S/C20H16N10/c1-11-8-30(10-23-11)20-17-15(3-4-21-20)25-19(26-17)16-14-5-12(6-22-18(14)28-27-16)13-7-24-29(2)9-13/h3-10H,1-2H3,(H,25,26)(H,22,27,28). The number of hydrogen-bond acceptors (Lipinski definition) is 6. The van der Waals surface area contributed by atoms with Gasteiger partial charge in [-0.3, -0.25) is 14.3 Å². The van der Waals surface area contributed by atoms with Crippen LogP contribution in [0.2, 0.25) is 0 Å². The maximum atomic E-state index is 4.80. The van der Waals surface area contributed by atoms with Crippen molar-refractivity contribution >= 4 is 22.1 Å². The molecule has 0 spiro atoms. The van der Waals surface area contributed by atoms with E-state index in [1.165, 1.54) is 0 Å². The first-order valence-corrected chi connectivity index (χ1v) is 9.35. The topological polar surface area (TPSA) is 119 Å². The predicted octanol–water partition coefficient (Wildman–Crippen LogP) is 2.79. The Morgan fingerprint density at radius 2 is 1.97 bits per heavy atom. The molecular formula is C20H16N10. The monoisotopic (exact) mass is 396 g/mol. The van der Waals surface area contributed by atoms with Gasteiger partial charge in [0, 0.05) is 43.0 Å². The predicted molar refractivity (Wildman–Crippen MR) is 111 cm³/mol. The van der Waals surface area contributed by atoms with Crippen LogP contribution in [0.1, 0.15) is 5.69 Å². The molecule has 30 heavy (non-hydrogen) atoms. The Morgan fingerprint density at radius 3 is 2.77 bits per heavy atom. The van der Waals surface area contributed by atoms with Crippen LogP contribution in [0.25, 0.3) is 50.5 Å². The molecule has 6 rings (SSSR count). The summed E-state index contributed by atoms with van der Waals surface area (Å²) in [6.07, 6.45) is 11.0. The molecular weight excluding hydrogens is 380 g/mol. The molecule has 0 fully saturated rings. The van der Waals surface area contributed by atoms with Gasteiger partial charge in [-0.05, 0) is 19.1 Å². The quantitative estimate of drug-likeness (QED) is 0.475. The summed E-state index contributed by atoms with van der Waals surface area (Å²) in [7, 11) is 1.89. The van der Waals surface area contributed by atoms with Crippen LogP contribution in [0.3, 0.4) is 0 Å². The number of hydrogen-bond donors (Lipinski definition) is 2. The highest BCUT2D eigenvalue weighted by Gasteiger charge is 2.17. The van der Waals surface area contributed by atoms with Crippen LogP contribution in [0, 0.1) is 6.92 Å². The number of nitrogens with one attached hydrogen (secondary N) is 2. The highest BCUT2D eigenvalue weighted by atomic mass is 15.2. The number of rotatable bonds is 3. The zero-order valence-electron chi connectivity index (χ0n) is 16.2. The molecule has 0 bridgehead atoms. The van der Waals surface area contributed by atoms with Crippen molar-refractivity contribution < 1.29 is 0 Å². The van der Waals surface area contributed by atoms with E-state index >= 15 is 0 Å².